The summed E-state index contributed by atoms with van der Waals surface area (Å²) in [7, 11) is 0. The van der Waals surface area contributed by atoms with Crippen LogP contribution in [0.4, 0.5) is 0 Å². The summed E-state index contributed by atoms with van der Waals surface area (Å²) in [6.07, 6.45) is 5.11. The summed E-state index contributed by atoms with van der Waals surface area (Å²) in [4.78, 5) is 2.69. The minimum atomic E-state index is 0.421. The van der Waals surface area contributed by atoms with Gasteiger partial charge in [-0.2, -0.15) is 0 Å². The van der Waals surface area contributed by atoms with Gasteiger partial charge < -0.3 is 5.32 Å². The first-order valence-corrected chi connectivity index (χ1v) is 6.64. The van der Waals surface area contributed by atoms with Gasteiger partial charge in [-0.1, -0.05) is 20.8 Å². The topological polar surface area (TPSA) is 15.3 Å². The van der Waals surface area contributed by atoms with Gasteiger partial charge in [0.25, 0.3) is 0 Å². The first-order chi connectivity index (χ1) is 7.16. The van der Waals surface area contributed by atoms with Crippen LogP contribution in [-0.2, 0) is 0 Å². The van der Waals surface area contributed by atoms with Gasteiger partial charge in [-0.3, -0.25) is 4.90 Å². The van der Waals surface area contributed by atoms with E-state index in [0.29, 0.717) is 5.54 Å². The molecule has 2 heteroatoms. The molecule has 1 rings (SSSR count). The normalized spacial score (nSPS) is 25.2. The third-order valence-corrected chi connectivity index (χ3v) is 4.34. The van der Waals surface area contributed by atoms with Crippen molar-refractivity contribution in [2.24, 2.45) is 0 Å². The number of rotatable bonds is 4. The van der Waals surface area contributed by atoms with Gasteiger partial charge in [-0.05, 0) is 32.6 Å². The summed E-state index contributed by atoms with van der Waals surface area (Å²) in [6.45, 7) is 13.0. The highest BCUT2D eigenvalue weighted by Gasteiger charge is 2.29. The van der Waals surface area contributed by atoms with Crippen molar-refractivity contribution in [3.8, 4) is 0 Å². The molecule has 0 saturated carbocycles. The third kappa shape index (κ3) is 3.18. The van der Waals surface area contributed by atoms with Crippen LogP contribution in [0.2, 0.25) is 0 Å². The molecule has 0 radical (unpaired) electrons. The Morgan fingerprint density at radius 2 is 1.87 bits per heavy atom. The zero-order valence-electron chi connectivity index (χ0n) is 11.0. The fourth-order valence-corrected chi connectivity index (χ4v) is 2.51. The molecule has 1 saturated heterocycles. The SMILES string of the molecule is CCC1CCN(C(C)(CC)CC)CCN1. The first-order valence-electron chi connectivity index (χ1n) is 6.64. The molecule has 1 N–H and O–H groups in total. The van der Waals surface area contributed by atoms with Gasteiger partial charge in [-0.15, -0.1) is 0 Å². The zero-order valence-corrected chi connectivity index (χ0v) is 11.0. The van der Waals surface area contributed by atoms with E-state index in [2.05, 4.69) is 37.9 Å². The van der Waals surface area contributed by atoms with Gasteiger partial charge in [0.15, 0.2) is 0 Å². The predicted molar refractivity (Wildman–Crippen MR) is 67.3 cm³/mol. The molecule has 2 nitrogen and oxygen atoms in total. The molecule has 0 aromatic rings. The quantitative estimate of drug-likeness (QED) is 0.770. The number of nitrogens with one attached hydrogen (secondary N) is 1. The van der Waals surface area contributed by atoms with Gasteiger partial charge in [0.2, 0.25) is 0 Å². The van der Waals surface area contributed by atoms with Gasteiger partial charge in [0.05, 0.1) is 0 Å². The predicted octanol–water partition coefficient (Wildman–Crippen LogP) is 2.64. The molecule has 1 atom stereocenters. The van der Waals surface area contributed by atoms with Crippen LogP contribution < -0.4 is 5.32 Å². The van der Waals surface area contributed by atoms with Crippen molar-refractivity contribution in [3.63, 3.8) is 0 Å². The molecule has 0 aliphatic carbocycles. The van der Waals surface area contributed by atoms with E-state index >= 15 is 0 Å². The van der Waals surface area contributed by atoms with E-state index in [0.717, 1.165) is 12.6 Å². The second kappa shape index (κ2) is 5.86. The van der Waals surface area contributed by atoms with E-state index in [1.165, 1.54) is 38.8 Å². The van der Waals surface area contributed by atoms with Gasteiger partial charge >= 0.3 is 0 Å². The Hall–Kier alpha value is -0.0800. The van der Waals surface area contributed by atoms with Crippen LogP contribution in [-0.4, -0.2) is 36.1 Å². The molecule has 0 amide bonds. The molecule has 0 aromatic carbocycles. The fourth-order valence-electron chi connectivity index (χ4n) is 2.51. The van der Waals surface area contributed by atoms with Gasteiger partial charge in [0, 0.05) is 31.2 Å². The average molecular weight is 212 g/mol. The molecular weight excluding hydrogens is 184 g/mol. The number of nitrogens with zero attached hydrogens (tertiary/aromatic N) is 1. The smallest absolute Gasteiger partial charge is 0.0176 e. The van der Waals surface area contributed by atoms with Crippen LogP contribution in [0.5, 0.6) is 0 Å². The molecule has 1 aliphatic heterocycles. The largest absolute Gasteiger partial charge is 0.313 e. The van der Waals surface area contributed by atoms with Gasteiger partial charge in [0.1, 0.15) is 0 Å². The highest BCUT2D eigenvalue weighted by molar-refractivity contribution is 4.87. The lowest BCUT2D eigenvalue weighted by molar-refractivity contribution is 0.102. The molecule has 1 fully saturated rings. The maximum atomic E-state index is 3.64. The van der Waals surface area contributed by atoms with Crippen LogP contribution in [0.3, 0.4) is 0 Å². The Morgan fingerprint density at radius 1 is 1.20 bits per heavy atom. The fraction of sp³-hybridized carbons (Fsp3) is 1.00. The second-order valence-corrected chi connectivity index (χ2v) is 5.04. The summed E-state index contributed by atoms with van der Waals surface area (Å²) >= 11 is 0. The average Bonchev–Trinajstić information content (AvgIpc) is 2.53. The minimum absolute atomic E-state index is 0.421. The lowest BCUT2D eigenvalue weighted by atomic mass is 9.92. The summed E-state index contributed by atoms with van der Waals surface area (Å²) in [5, 5.41) is 3.64. The Bertz CT molecular complexity index is 175. The van der Waals surface area contributed by atoms with E-state index in [1.54, 1.807) is 0 Å². The van der Waals surface area contributed by atoms with Crippen molar-refractivity contribution in [3.05, 3.63) is 0 Å². The van der Waals surface area contributed by atoms with Crippen molar-refractivity contribution in [1.29, 1.82) is 0 Å². The van der Waals surface area contributed by atoms with Crippen molar-refractivity contribution in [1.82, 2.24) is 10.2 Å². The van der Waals surface area contributed by atoms with Crippen molar-refractivity contribution in [2.75, 3.05) is 19.6 Å². The molecule has 0 spiro atoms. The molecule has 0 aromatic heterocycles. The molecule has 1 aliphatic rings. The highest BCUT2D eigenvalue weighted by atomic mass is 15.2. The van der Waals surface area contributed by atoms with E-state index < -0.39 is 0 Å². The van der Waals surface area contributed by atoms with E-state index in [-0.39, 0.29) is 0 Å². The minimum Gasteiger partial charge on any atom is -0.313 e. The lowest BCUT2D eigenvalue weighted by Gasteiger charge is -2.39. The van der Waals surface area contributed by atoms with Gasteiger partial charge in [-0.25, -0.2) is 0 Å². The van der Waals surface area contributed by atoms with Crippen LogP contribution in [0, 0.1) is 0 Å². The van der Waals surface area contributed by atoms with Crippen molar-refractivity contribution in [2.45, 2.75) is 65.0 Å². The molecule has 1 unspecified atom stereocenters. The first kappa shape index (κ1) is 13.0. The Kier molecular flexibility index (Phi) is 5.07. The summed E-state index contributed by atoms with van der Waals surface area (Å²) in [5.74, 6) is 0. The molecule has 90 valence electrons. The van der Waals surface area contributed by atoms with Crippen LogP contribution in [0.15, 0.2) is 0 Å². The monoisotopic (exact) mass is 212 g/mol. The van der Waals surface area contributed by atoms with Crippen molar-refractivity contribution < 1.29 is 0 Å². The second-order valence-electron chi connectivity index (χ2n) is 5.04. The zero-order chi connectivity index (χ0) is 11.3. The summed E-state index contributed by atoms with van der Waals surface area (Å²) in [6, 6.07) is 0.743. The van der Waals surface area contributed by atoms with E-state index in [1.807, 2.05) is 0 Å². The molecule has 1 heterocycles. The summed E-state index contributed by atoms with van der Waals surface area (Å²) < 4.78 is 0. The maximum absolute atomic E-state index is 3.64. The Morgan fingerprint density at radius 3 is 2.40 bits per heavy atom. The van der Waals surface area contributed by atoms with E-state index in [4.69, 9.17) is 0 Å². The highest BCUT2D eigenvalue weighted by Crippen LogP contribution is 2.24. The van der Waals surface area contributed by atoms with Crippen LogP contribution >= 0.6 is 0 Å². The maximum Gasteiger partial charge on any atom is 0.0176 e. The van der Waals surface area contributed by atoms with Crippen LogP contribution in [0.25, 0.3) is 0 Å². The molecule has 0 bridgehead atoms. The molecule has 15 heavy (non-hydrogen) atoms. The third-order valence-electron chi connectivity index (χ3n) is 4.34. The number of hydrogen-bond acceptors (Lipinski definition) is 2. The van der Waals surface area contributed by atoms with Crippen molar-refractivity contribution >= 4 is 0 Å². The lowest BCUT2D eigenvalue weighted by Crippen LogP contribution is -2.47. The molecular formula is C13H28N2. The number of hydrogen-bond donors (Lipinski definition) is 1. The van der Waals surface area contributed by atoms with E-state index in [9.17, 15) is 0 Å². The summed E-state index contributed by atoms with van der Waals surface area (Å²) in [5.41, 5.74) is 0.421. The Balaban J connectivity index is 2.56. The standard InChI is InChI=1S/C13H28N2/c1-5-12-8-10-15(11-9-14-12)13(4,6-2)7-3/h12,14H,5-11H2,1-4H3. The Labute approximate surface area is 95.4 Å². The van der Waals surface area contributed by atoms with Crippen LogP contribution in [0.1, 0.15) is 53.4 Å².